The van der Waals surface area contributed by atoms with E-state index in [0.717, 1.165) is 17.2 Å². The van der Waals surface area contributed by atoms with Crippen LogP contribution in [0.2, 0.25) is 0 Å². The third-order valence-corrected chi connectivity index (χ3v) is 2.66. The summed E-state index contributed by atoms with van der Waals surface area (Å²) in [5.41, 5.74) is 8.38. The zero-order valence-electron chi connectivity index (χ0n) is 9.88. The SMILES string of the molecule is Cc1c(N)cccc1-c1ccc(/C=C/C(=O)O)o1. The van der Waals surface area contributed by atoms with Gasteiger partial charge in [0.15, 0.2) is 0 Å². The highest BCUT2D eigenvalue weighted by Crippen LogP contribution is 2.28. The molecule has 2 rings (SSSR count). The van der Waals surface area contributed by atoms with Crippen LogP contribution >= 0.6 is 0 Å². The highest BCUT2D eigenvalue weighted by atomic mass is 16.4. The number of nitrogen functional groups attached to an aromatic ring is 1. The van der Waals surface area contributed by atoms with Crippen LogP contribution in [0.15, 0.2) is 40.8 Å². The quantitative estimate of drug-likeness (QED) is 0.641. The second-order valence-electron chi connectivity index (χ2n) is 3.89. The fraction of sp³-hybridized carbons (Fsp3) is 0.0714. The maximum atomic E-state index is 10.4. The fourth-order valence-electron chi connectivity index (χ4n) is 1.66. The van der Waals surface area contributed by atoms with Gasteiger partial charge in [0.05, 0.1) is 0 Å². The van der Waals surface area contributed by atoms with E-state index in [9.17, 15) is 4.79 Å². The molecule has 2 aromatic rings. The van der Waals surface area contributed by atoms with Crippen molar-refractivity contribution in [1.29, 1.82) is 0 Å². The van der Waals surface area contributed by atoms with E-state index < -0.39 is 5.97 Å². The summed E-state index contributed by atoms with van der Waals surface area (Å²) in [6.07, 6.45) is 2.45. The molecule has 0 bridgehead atoms. The average molecular weight is 243 g/mol. The number of hydrogen-bond acceptors (Lipinski definition) is 3. The summed E-state index contributed by atoms with van der Waals surface area (Å²) >= 11 is 0. The number of furan rings is 1. The van der Waals surface area contributed by atoms with Crippen molar-refractivity contribution in [3.63, 3.8) is 0 Å². The number of aliphatic carboxylic acids is 1. The number of anilines is 1. The third kappa shape index (κ3) is 2.43. The summed E-state index contributed by atoms with van der Waals surface area (Å²) in [4.78, 5) is 10.4. The number of carbonyl (C=O) groups is 1. The molecule has 0 aliphatic heterocycles. The van der Waals surface area contributed by atoms with E-state index in [1.807, 2.05) is 25.1 Å². The molecule has 0 amide bonds. The van der Waals surface area contributed by atoms with E-state index in [-0.39, 0.29) is 0 Å². The standard InChI is InChI=1S/C14H13NO3/c1-9-11(3-2-4-12(9)15)13-7-5-10(18-13)6-8-14(16)17/h2-8H,15H2,1H3,(H,16,17)/b8-6+. The van der Waals surface area contributed by atoms with Crippen molar-refractivity contribution in [3.8, 4) is 11.3 Å². The molecule has 18 heavy (non-hydrogen) atoms. The highest BCUT2D eigenvalue weighted by molar-refractivity contribution is 5.84. The Balaban J connectivity index is 2.35. The van der Waals surface area contributed by atoms with Crippen molar-refractivity contribution in [3.05, 3.63) is 47.7 Å². The van der Waals surface area contributed by atoms with E-state index in [1.54, 1.807) is 12.1 Å². The average Bonchev–Trinajstić information content (AvgIpc) is 2.78. The molecule has 0 spiro atoms. The zero-order valence-corrected chi connectivity index (χ0v) is 9.88. The number of carboxylic acid groups (broad SMARTS) is 1. The van der Waals surface area contributed by atoms with Crippen molar-refractivity contribution in [1.82, 2.24) is 0 Å². The van der Waals surface area contributed by atoms with Gasteiger partial charge in [-0.05, 0) is 36.8 Å². The Hall–Kier alpha value is -2.49. The van der Waals surface area contributed by atoms with Gasteiger partial charge in [-0.15, -0.1) is 0 Å². The van der Waals surface area contributed by atoms with Crippen LogP contribution in [-0.4, -0.2) is 11.1 Å². The minimum atomic E-state index is -1.01. The van der Waals surface area contributed by atoms with Gasteiger partial charge in [0.1, 0.15) is 11.5 Å². The van der Waals surface area contributed by atoms with Crippen molar-refractivity contribution in [2.75, 3.05) is 5.73 Å². The topological polar surface area (TPSA) is 76.5 Å². The van der Waals surface area contributed by atoms with Gasteiger partial charge in [0, 0.05) is 17.3 Å². The molecule has 0 fully saturated rings. The van der Waals surface area contributed by atoms with Gasteiger partial charge in [0.2, 0.25) is 0 Å². The number of carboxylic acids is 1. The molecule has 3 N–H and O–H groups in total. The lowest BCUT2D eigenvalue weighted by Crippen LogP contribution is -1.90. The lowest BCUT2D eigenvalue weighted by atomic mass is 10.1. The predicted octanol–water partition coefficient (Wildman–Crippen LogP) is 2.94. The molecule has 0 aliphatic rings. The number of nitrogens with two attached hydrogens (primary N) is 1. The molecule has 0 aliphatic carbocycles. The van der Waals surface area contributed by atoms with Gasteiger partial charge in [-0.25, -0.2) is 4.79 Å². The Kier molecular flexibility index (Phi) is 3.19. The van der Waals surface area contributed by atoms with E-state index >= 15 is 0 Å². The molecule has 1 aromatic heterocycles. The molecule has 1 heterocycles. The van der Waals surface area contributed by atoms with Gasteiger partial charge >= 0.3 is 5.97 Å². The van der Waals surface area contributed by atoms with Crippen molar-refractivity contribution < 1.29 is 14.3 Å². The van der Waals surface area contributed by atoms with Crippen LogP contribution < -0.4 is 5.73 Å². The van der Waals surface area contributed by atoms with Crippen molar-refractivity contribution in [2.45, 2.75) is 6.92 Å². The maximum absolute atomic E-state index is 10.4. The monoisotopic (exact) mass is 243 g/mol. The second-order valence-corrected chi connectivity index (χ2v) is 3.89. The predicted molar refractivity (Wildman–Crippen MR) is 70.0 cm³/mol. The van der Waals surface area contributed by atoms with Crippen LogP contribution in [0.5, 0.6) is 0 Å². The summed E-state index contributed by atoms with van der Waals surface area (Å²) in [6, 6.07) is 9.11. The summed E-state index contributed by atoms with van der Waals surface area (Å²) in [6.45, 7) is 1.92. The molecular formula is C14H13NO3. The molecule has 0 saturated heterocycles. The van der Waals surface area contributed by atoms with Crippen LogP contribution in [0.4, 0.5) is 5.69 Å². The van der Waals surface area contributed by atoms with Gasteiger partial charge in [-0.2, -0.15) is 0 Å². The lowest BCUT2D eigenvalue weighted by Gasteiger charge is -2.04. The maximum Gasteiger partial charge on any atom is 0.328 e. The molecule has 1 aromatic carbocycles. The number of hydrogen-bond donors (Lipinski definition) is 2. The molecule has 4 heteroatoms. The fourth-order valence-corrected chi connectivity index (χ4v) is 1.66. The Labute approximate surface area is 104 Å². The zero-order chi connectivity index (χ0) is 13.1. The third-order valence-electron chi connectivity index (χ3n) is 2.66. The first-order valence-electron chi connectivity index (χ1n) is 5.44. The lowest BCUT2D eigenvalue weighted by molar-refractivity contribution is -0.131. The van der Waals surface area contributed by atoms with Crippen LogP contribution in [0.3, 0.4) is 0 Å². The largest absolute Gasteiger partial charge is 0.478 e. The van der Waals surface area contributed by atoms with Crippen molar-refractivity contribution in [2.24, 2.45) is 0 Å². The first kappa shape index (κ1) is 12.0. The Morgan fingerprint density at radius 3 is 2.83 bits per heavy atom. The summed E-state index contributed by atoms with van der Waals surface area (Å²) in [7, 11) is 0. The van der Waals surface area contributed by atoms with Crippen LogP contribution in [0.1, 0.15) is 11.3 Å². The minimum absolute atomic E-state index is 0.495. The van der Waals surface area contributed by atoms with E-state index in [4.69, 9.17) is 15.3 Å². The van der Waals surface area contributed by atoms with E-state index in [2.05, 4.69) is 0 Å². The highest BCUT2D eigenvalue weighted by Gasteiger charge is 2.07. The Bertz CT molecular complexity index is 611. The smallest absolute Gasteiger partial charge is 0.328 e. The Morgan fingerprint density at radius 2 is 2.11 bits per heavy atom. The van der Waals surface area contributed by atoms with Crippen LogP contribution in [-0.2, 0) is 4.79 Å². The van der Waals surface area contributed by atoms with E-state index in [1.165, 1.54) is 6.08 Å². The molecule has 0 radical (unpaired) electrons. The van der Waals surface area contributed by atoms with Gasteiger partial charge < -0.3 is 15.3 Å². The number of benzene rings is 1. The molecule has 0 atom stereocenters. The Morgan fingerprint density at radius 1 is 1.33 bits per heavy atom. The van der Waals surface area contributed by atoms with Crippen LogP contribution in [0.25, 0.3) is 17.4 Å². The molecule has 4 nitrogen and oxygen atoms in total. The van der Waals surface area contributed by atoms with E-state index in [0.29, 0.717) is 17.2 Å². The van der Waals surface area contributed by atoms with Gasteiger partial charge in [-0.1, -0.05) is 12.1 Å². The molecule has 92 valence electrons. The number of rotatable bonds is 3. The first-order chi connectivity index (χ1) is 8.58. The van der Waals surface area contributed by atoms with Gasteiger partial charge in [-0.3, -0.25) is 0 Å². The summed E-state index contributed by atoms with van der Waals surface area (Å²) in [5, 5.41) is 8.53. The first-order valence-corrected chi connectivity index (χ1v) is 5.44. The normalized spacial score (nSPS) is 10.9. The van der Waals surface area contributed by atoms with Crippen LogP contribution in [0, 0.1) is 6.92 Å². The molecule has 0 saturated carbocycles. The second kappa shape index (κ2) is 4.79. The molecular weight excluding hydrogens is 230 g/mol. The minimum Gasteiger partial charge on any atom is -0.478 e. The van der Waals surface area contributed by atoms with Crippen molar-refractivity contribution >= 4 is 17.7 Å². The van der Waals surface area contributed by atoms with Gasteiger partial charge in [0.25, 0.3) is 0 Å². The molecule has 0 unspecified atom stereocenters. The summed E-state index contributed by atoms with van der Waals surface area (Å²) < 4.78 is 5.55. The summed E-state index contributed by atoms with van der Waals surface area (Å²) in [5.74, 6) is 0.159.